The third-order valence-corrected chi connectivity index (χ3v) is 3.83. The Morgan fingerprint density at radius 3 is 2.86 bits per heavy atom. The number of benzene rings is 1. The van der Waals surface area contributed by atoms with Crippen LogP contribution < -0.4 is 5.32 Å². The van der Waals surface area contributed by atoms with Crippen molar-refractivity contribution in [2.45, 2.75) is 38.5 Å². The van der Waals surface area contributed by atoms with Crippen molar-refractivity contribution in [1.29, 1.82) is 0 Å². The maximum Gasteiger partial charge on any atom is 0.0408 e. The molecule has 2 aliphatic rings. The van der Waals surface area contributed by atoms with Crippen LogP contribution in [0.1, 0.15) is 41.5 Å². The fourth-order valence-corrected chi connectivity index (χ4v) is 3.06. The Hall–Kier alpha value is -0.980. The lowest BCUT2D eigenvalue weighted by Crippen LogP contribution is -2.18. The van der Waals surface area contributed by atoms with Gasteiger partial charge in [-0.15, -0.1) is 0 Å². The number of hydrogen-bond donors (Lipinski definition) is 1. The van der Waals surface area contributed by atoms with Crippen molar-refractivity contribution in [2.24, 2.45) is 0 Å². The third kappa shape index (κ3) is 0.902. The average molecular weight is 187 g/mol. The van der Waals surface area contributed by atoms with Gasteiger partial charge in [-0.25, -0.2) is 0 Å². The minimum absolute atomic E-state index is 0.794. The van der Waals surface area contributed by atoms with E-state index < -0.39 is 0 Å². The van der Waals surface area contributed by atoms with Gasteiger partial charge in [0.25, 0.3) is 0 Å². The molecule has 1 aromatic rings. The minimum atomic E-state index is 0.794. The fraction of sp³-hybridized carbons (Fsp3) is 0.538. The van der Waals surface area contributed by atoms with Crippen LogP contribution in [-0.2, 0) is 19.3 Å². The first-order valence-electron chi connectivity index (χ1n) is 5.66. The van der Waals surface area contributed by atoms with Gasteiger partial charge in [0.15, 0.2) is 0 Å². The highest BCUT2D eigenvalue weighted by molar-refractivity contribution is 5.68. The van der Waals surface area contributed by atoms with Crippen molar-refractivity contribution >= 4 is 5.69 Å². The van der Waals surface area contributed by atoms with E-state index in [0.717, 1.165) is 5.92 Å². The summed E-state index contributed by atoms with van der Waals surface area (Å²) in [7, 11) is 2.07. The summed E-state index contributed by atoms with van der Waals surface area (Å²) in [5, 5.41) is 3.41. The molecule has 3 rings (SSSR count). The van der Waals surface area contributed by atoms with E-state index in [1.54, 1.807) is 22.3 Å². The second-order valence-electron chi connectivity index (χ2n) is 4.67. The van der Waals surface area contributed by atoms with E-state index >= 15 is 0 Å². The second kappa shape index (κ2) is 2.75. The lowest BCUT2D eigenvalue weighted by atomic mass is 9.75. The van der Waals surface area contributed by atoms with E-state index in [2.05, 4.69) is 25.4 Å². The second-order valence-corrected chi connectivity index (χ2v) is 4.67. The Kier molecular flexibility index (Phi) is 1.64. The monoisotopic (exact) mass is 187 g/mol. The molecule has 1 heteroatoms. The molecule has 1 nitrogen and oxygen atoms in total. The van der Waals surface area contributed by atoms with Crippen molar-refractivity contribution in [1.82, 2.24) is 0 Å². The number of hydrogen-bond acceptors (Lipinski definition) is 1. The molecule has 1 atom stereocenters. The normalized spacial score (nSPS) is 22.6. The highest BCUT2D eigenvalue weighted by Crippen LogP contribution is 2.44. The van der Waals surface area contributed by atoms with E-state index in [4.69, 9.17) is 0 Å². The molecular weight excluding hydrogens is 170 g/mol. The largest absolute Gasteiger partial charge is 0.388 e. The summed E-state index contributed by atoms with van der Waals surface area (Å²) in [5.41, 5.74) is 7.89. The van der Waals surface area contributed by atoms with Gasteiger partial charge in [-0.3, -0.25) is 0 Å². The molecule has 1 aromatic carbocycles. The van der Waals surface area contributed by atoms with Crippen LogP contribution in [0.4, 0.5) is 5.69 Å². The summed E-state index contributed by atoms with van der Waals surface area (Å²) < 4.78 is 0. The summed E-state index contributed by atoms with van der Waals surface area (Å²) in [4.78, 5) is 0. The smallest absolute Gasteiger partial charge is 0.0408 e. The van der Waals surface area contributed by atoms with E-state index in [-0.39, 0.29) is 0 Å². The van der Waals surface area contributed by atoms with Crippen LogP contribution >= 0.6 is 0 Å². The Morgan fingerprint density at radius 1 is 1.29 bits per heavy atom. The fourth-order valence-electron chi connectivity index (χ4n) is 3.06. The van der Waals surface area contributed by atoms with E-state index in [1.165, 1.54) is 31.4 Å². The van der Waals surface area contributed by atoms with Crippen LogP contribution in [0.2, 0.25) is 0 Å². The average Bonchev–Trinajstić information content (AvgIpc) is 2.63. The molecule has 0 spiro atoms. The minimum Gasteiger partial charge on any atom is -0.388 e. The van der Waals surface area contributed by atoms with Gasteiger partial charge >= 0.3 is 0 Å². The van der Waals surface area contributed by atoms with Gasteiger partial charge in [0.2, 0.25) is 0 Å². The Bertz CT molecular complexity index is 392. The molecule has 0 bridgehead atoms. The predicted molar refractivity (Wildman–Crippen MR) is 60.1 cm³/mol. The first-order valence-corrected chi connectivity index (χ1v) is 5.66. The topological polar surface area (TPSA) is 12.0 Å². The van der Waals surface area contributed by atoms with Crippen LogP contribution in [-0.4, -0.2) is 7.05 Å². The Morgan fingerprint density at radius 2 is 2.14 bits per heavy atom. The lowest BCUT2D eigenvalue weighted by Gasteiger charge is -2.31. The van der Waals surface area contributed by atoms with Crippen molar-refractivity contribution < 1.29 is 0 Å². The van der Waals surface area contributed by atoms with Gasteiger partial charge in [0, 0.05) is 12.7 Å². The predicted octanol–water partition coefficient (Wildman–Crippen LogP) is 2.88. The van der Waals surface area contributed by atoms with E-state index in [1.807, 2.05) is 0 Å². The van der Waals surface area contributed by atoms with Crippen molar-refractivity contribution in [3.05, 3.63) is 28.3 Å². The molecule has 0 saturated heterocycles. The standard InChI is InChI=1S/C13H17N/c1-8-6-12-11(8)7-9-4-3-5-10(9)13(12)14-2/h7-8,14H,3-6H2,1-2H3. The first-order chi connectivity index (χ1) is 6.81. The molecule has 0 aliphatic heterocycles. The summed E-state index contributed by atoms with van der Waals surface area (Å²) >= 11 is 0. The maximum absolute atomic E-state index is 3.41. The highest BCUT2D eigenvalue weighted by atomic mass is 14.8. The van der Waals surface area contributed by atoms with Gasteiger partial charge in [-0.2, -0.15) is 0 Å². The molecule has 2 aliphatic carbocycles. The van der Waals surface area contributed by atoms with Crippen molar-refractivity contribution in [2.75, 3.05) is 12.4 Å². The molecule has 0 heterocycles. The van der Waals surface area contributed by atoms with E-state index in [9.17, 15) is 0 Å². The zero-order chi connectivity index (χ0) is 9.71. The number of nitrogens with one attached hydrogen (secondary N) is 1. The summed E-state index contributed by atoms with van der Waals surface area (Å²) in [5.74, 6) is 0.794. The number of aryl methyl sites for hydroxylation is 1. The van der Waals surface area contributed by atoms with Gasteiger partial charge in [0.1, 0.15) is 0 Å². The number of rotatable bonds is 1. The molecule has 0 fully saturated rings. The van der Waals surface area contributed by atoms with Gasteiger partial charge < -0.3 is 5.32 Å². The summed E-state index contributed by atoms with van der Waals surface area (Å²) in [6.07, 6.45) is 5.21. The molecule has 1 unspecified atom stereocenters. The van der Waals surface area contributed by atoms with Gasteiger partial charge in [-0.1, -0.05) is 13.0 Å². The van der Waals surface area contributed by atoms with Crippen LogP contribution in [0.3, 0.4) is 0 Å². The highest BCUT2D eigenvalue weighted by Gasteiger charge is 2.29. The third-order valence-electron chi connectivity index (χ3n) is 3.83. The first kappa shape index (κ1) is 8.34. The quantitative estimate of drug-likeness (QED) is 0.713. The van der Waals surface area contributed by atoms with Crippen molar-refractivity contribution in [3.63, 3.8) is 0 Å². The molecule has 14 heavy (non-hydrogen) atoms. The maximum atomic E-state index is 3.41. The zero-order valence-electron chi connectivity index (χ0n) is 8.98. The van der Waals surface area contributed by atoms with E-state index in [0.29, 0.717) is 0 Å². The molecule has 0 amide bonds. The summed E-state index contributed by atoms with van der Waals surface area (Å²) in [6, 6.07) is 2.46. The van der Waals surface area contributed by atoms with Crippen LogP contribution in [0.25, 0.3) is 0 Å². The SMILES string of the molecule is CNc1c2c(cc3c1CC3C)CCC2. The molecule has 0 aromatic heterocycles. The molecule has 0 radical (unpaired) electrons. The molecule has 0 saturated carbocycles. The zero-order valence-corrected chi connectivity index (χ0v) is 8.98. The van der Waals surface area contributed by atoms with Crippen LogP contribution in [0.15, 0.2) is 6.07 Å². The molecule has 1 N–H and O–H groups in total. The summed E-state index contributed by atoms with van der Waals surface area (Å²) in [6.45, 7) is 2.34. The van der Waals surface area contributed by atoms with Gasteiger partial charge in [-0.05, 0) is 53.9 Å². The van der Waals surface area contributed by atoms with Crippen molar-refractivity contribution in [3.8, 4) is 0 Å². The molecular formula is C13H17N. The lowest BCUT2D eigenvalue weighted by molar-refractivity contribution is 0.667. The number of fused-ring (bicyclic) bond motifs is 2. The molecule has 74 valence electrons. The van der Waals surface area contributed by atoms with Gasteiger partial charge in [0.05, 0.1) is 0 Å². The van der Waals surface area contributed by atoms with Crippen LogP contribution in [0.5, 0.6) is 0 Å². The van der Waals surface area contributed by atoms with Crippen LogP contribution in [0, 0.1) is 0 Å². The Balaban J connectivity index is 2.22. The Labute approximate surface area is 85.5 Å². The number of anilines is 1.